The predicted molar refractivity (Wildman–Crippen MR) is 144 cm³/mol. The Balaban J connectivity index is 1.62. The van der Waals surface area contributed by atoms with Gasteiger partial charge < -0.3 is 9.84 Å². The van der Waals surface area contributed by atoms with E-state index in [1.165, 1.54) is 16.1 Å². The van der Waals surface area contributed by atoms with Crippen molar-refractivity contribution >= 4 is 67.8 Å². The minimum Gasteiger partial charge on any atom is -0.480 e. The van der Waals surface area contributed by atoms with E-state index in [-0.39, 0.29) is 28.7 Å². The smallest absolute Gasteiger partial charge is 0.329 e. The molecule has 0 bridgehead atoms. The molecular formula is C25H22BrN3O5S2. The lowest BCUT2D eigenvalue weighted by molar-refractivity contribution is -0.150. The Hall–Kier alpha value is -3.02. The number of nitrogens with zero attached hydrogens (tertiary/aromatic N) is 3. The van der Waals surface area contributed by atoms with Crippen LogP contribution in [-0.4, -0.2) is 61.6 Å². The predicted octanol–water partition coefficient (Wildman–Crippen LogP) is 4.19. The van der Waals surface area contributed by atoms with Gasteiger partial charge in [0.25, 0.3) is 5.91 Å². The van der Waals surface area contributed by atoms with Gasteiger partial charge in [0.15, 0.2) is 6.04 Å². The van der Waals surface area contributed by atoms with Crippen molar-refractivity contribution in [2.45, 2.75) is 31.8 Å². The summed E-state index contributed by atoms with van der Waals surface area (Å²) >= 11 is 9.86. The van der Waals surface area contributed by atoms with Gasteiger partial charge in [-0.2, -0.15) is 5.10 Å². The zero-order valence-corrected chi connectivity index (χ0v) is 22.4. The Morgan fingerprint density at radius 3 is 2.58 bits per heavy atom. The van der Waals surface area contributed by atoms with Crippen molar-refractivity contribution in [3.63, 3.8) is 0 Å². The zero-order chi connectivity index (χ0) is 25.8. The van der Waals surface area contributed by atoms with Crippen LogP contribution in [0.15, 0.2) is 75.3 Å². The van der Waals surface area contributed by atoms with Crippen molar-refractivity contribution in [3.8, 4) is 0 Å². The molecule has 8 nitrogen and oxygen atoms in total. The average molecular weight is 589 g/mol. The Bertz CT molecular complexity index is 1250. The van der Waals surface area contributed by atoms with E-state index < -0.39 is 29.9 Å². The van der Waals surface area contributed by atoms with Gasteiger partial charge in [-0.1, -0.05) is 82.4 Å². The lowest BCUT2D eigenvalue weighted by Gasteiger charge is -2.25. The second-order valence-corrected chi connectivity index (χ2v) is 10.6. The molecule has 0 spiro atoms. The van der Waals surface area contributed by atoms with E-state index in [0.29, 0.717) is 5.71 Å². The molecule has 2 aromatic rings. The summed E-state index contributed by atoms with van der Waals surface area (Å²) in [5.74, 6) is -2.11. The fourth-order valence-corrected chi connectivity index (χ4v) is 5.47. The first-order valence-corrected chi connectivity index (χ1v) is 13.1. The number of carboxylic acid groups (broad SMARTS) is 1. The Morgan fingerprint density at radius 2 is 1.94 bits per heavy atom. The number of carboxylic acids is 1. The van der Waals surface area contributed by atoms with Gasteiger partial charge in [0.1, 0.15) is 10.4 Å². The summed E-state index contributed by atoms with van der Waals surface area (Å²) in [7, 11) is 0. The first-order valence-electron chi connectivity index (χ1n) is 11.1. The summed E-state index contributed by atoms with van der Waals surface area (Å²) in [6.07, 6.45) is 1.80. The minimum absolute atomic E-state index is 0.163. The molecule has 2 aliphatic rings. The highest BCUT2D eigenvalue weighted by Crippen LogP contribution is 2.35. The number of hydrogen-bond acceptors (Lipinski definition) is 8. The molecule has 36 heavy (non-hydrogen) atoms. The molecule has 0 saturated carbocycles. The van der Waals surface area contributed by atoms with Crippen molar-refractivity contribution in [2.24, 2.45) is 5.10 Å². The zero-order valence-electron chi connectivity index (χ0n) is 19.2. The van der Waals surface area contributed by atoms with Crippen LogP contribution in [0.3, 0.4) is 0 Å². The van der Waals surface area contributed by atoms with Crippen molar-refractivity contribution in [2.75, 3.05) is 6.61 Å². The highest BCUT2D eigenvalue weighted by molar-refractivity contribution is 9.10. The quantitative estimate of drug-likeness (QED) is 0.279. The maximum absolute atomic E-state index is 13.4. The van der Waals surface area contributed by atoms with Crippen LogP contribution in [0.2, 0.25) is 0 Å². The highest BCUT2D eigenvalue weighted by atomic mass is 79.9. The fourth-order valence-electron chi connectivity index (χ4n) is 3.88. The van der Waals surface area contributed by atoms with E-state index in [2.05, 4.69) is 21.0 Å². The number of thiocarbonyl (C=S) groups is 1. The second kappa shape index (κ2) is 11.4. The van der Waals surface area contributed by atoms with Gasteiger partial charge in [-0.3, -0.25) is 14.7 Å². The third-order valence-electron chi connectivity index (χ3n) is 5.62. The number of hydrogen-bond donors (Lipinski definition) is 1. The molecule has 2 heterocycles. The van der Waals surface area contributed by atoms with Crippen LogP contribution in [0.1, 0.15) is 24.5 Å². The largest absolute Gasteiger partial charge is 0.480 e. The molecule has 1 fully saturated rings. The van der Waals surface area contributed by atoms with Crippen LogP contribution >= 0.6 is 39.9 Å². The molecule has 0 aromatic heterocycles. The highest BCUT2D eigenvalue weighted by Gasteiger charge is 2.42. The van der Waals surface area contributed by atoms with Gasteiger partial charge in [0.05, 0.1) is 17.2 Å². The normalized spacial score (nSPS) is 19.6. The van der Waals surface area contributed by atoms with Crippen molar-refractivity contribution < 1.29 is 24.2 Å². The number of ether oxygens (including phenoxy) is 1. The molecule has 1 saturated heterocycles. The van der Waals surface area contributed by atoms with Gasteiger partial charge in [-0.15, -0.1) is 0 Å². The van der Waals surface area contributed by atoms with Crippen LogP contribution in [0.5, 0.6) is 0 Å². The lowest BCUT2D eigenvalue weighted by Crippen LogP contribution is -2.46. The van der Waals surface area contributed by atoms with Crippen LogP contribution < -0.4 is 0 Å². The lowest BCUT2D eigenvalue weighted by atomic mass is 10.0. The van der Waals surface area contributed by atoms with E-state index in [0.717, 1.165) is 27.4 Å². The number of thioether (sulfide) groups is 1. The topological polar surface area (TPSA) is 99.5 Å². The van der Waals surface area contributed by atoms with Crippen LogP contribution in [0.4, 0.5) is 0 Å². The molecule has 186 valence electrons. The van der Waals surface area contributed by atoms with Gasteiger partial charge in [0.2, 0.25) is 0 Å². The monoisotopic (exact) mass is 587 g/mol. The van der Waals surface area contributed by atoms with E-state index in [1.54, 1.807) is 6.92 Å². The number of carbonyl (C=O) groups excluding carboxylic acids is 2. The van der Waals surface area contributed by atoms with Gasteiger partial charge in [-0.05, 0) is 30.2 Å². The number of aliphatic carboxylic acids is 1. The van der Waals surface area contributed by atoms with Crippen molar-refractivity contribution in [1.29, 1.82) is 0 Å². The Morgan fingerprint density at radius 1 is 1.25 bits per heavy atom. The molecule has 4 rings (SSSR count). The second-order valence-electron chi connectivity index (χ2n) is 7.99. The van der Waals surface area contributed by atoms with Gasteiger partial charge in [0, 0.05) is 23.5 Å². The van der Waals surface area contributed by atoms with E-state index >= 15 is 0 Å². The number of rotatable bonds is 8. The van der Waals surface area contributed by atoms with Crippen LogP contribution in [0, 0.1) is 0 Å². The van der Waals surface area contributed by atoms with E-state index in [9.17, 15) is 19.5 Å². The summed E-state index contributed by atoms with van der Waals surface area (Å²) < 4.78 is 6.33. The summed E-state index contributed by atoms with van der Waals surface area (Å²) in [5, 5.41) is 15.5. The third-order valence-corrected chi connectivity index (χ3v) is 7.47. The molecule has 0 radical (unpaired) electrons. The number of amides is 1. The number of carbonyl (C=O) groups is 3. The van der Waals surface area contributed by atoms with Crippen molar-refractivity contribution in [3.05, 3.63) is 81.3 Å². The summed E-state index contributed by atoms with van der Waals surface area (Å²) in [5.41, 5.74) is 2.23. The number of hydrazone groups is 1. The third kappa shape index (κ3) is 5.69. The number of esters is 1. The first-order chi connectivity index (χ1) is 17.3. The molecule has 2 aromatic carbocycles. The van der Waals surface area contributed by atoms with E-state index in [1.807, 2.05) is 54.6 Å². The van der Waals surface area contributed by atoms with E-state index in [4.69, 9.17) is 17.0 Å². The standard InChI is InChI=1S/C25H22BrN3O5S2/c1-2-34-24(33)20(12-15-6-4-3-5-7-15)29-22(30)21(36-25(29)35)14-28-19(23(31)32)13-18(27-28)16-8-10-17(26)11-9-16/h3-11,14,19-20H,2,12-13H2,1H3,(H,31,32)/b21-14-/t19-,20-/m0/s1. The molecule has 2 aliphatic heterocycles. The molecule has 1 amide bonds. The maximum atomic E-state index is 13.4. The summed E-state index contributed by atoms with van der Waals surface area (Å²) in [6.45, 7) is 1.86. The van der Waals surface area contributed by atoms with Crippen LogP contribution in [0.25, 0.3) is 0 Å². The van der Waals surface area contributed by atoms with Crippen LogP contribution in [-0.2, 0) is 25.5 Å². The minimum atomic E-state index is -1.06. The van der Waals surface area contributed by atoms with Gasteiger partial charge in [-0.25, -0.2) is 9.59 Å². The number of halogens is 1. The molecule has 0 aliphatic carbocycles. The molecular weight excluding hydrogens is 566 g/mol. The maximum Gasteiger partial charge on any atom is 0.329 e. The summed E-state index contributed by atoms with van der Waals surface area (Å²) in [4.78, 5) is 39.6. The average Bonchev–Trinajstić information content (AvgIpc) is 3.40. The Kier molecular flexibility index (Phi) is 8.22. The SMILES string of the molecule is CCOC(=O)[C@H](Cc1ccccc1)N1C(=O)/C(=C/N2N=C(c3ccc(Br)cc3)C[C@H]2C(=O)O)SC1=S. The molecule has 2 atom stereocenters. The first kappa shape index (κ1) is 26.1. The molecule has 1 N–H and O–H groups in total. The number of benzene rings is 2. The molecule has 0 unspecified atom stereocenters. The van der Waals surface area contributed by atoms with Gasteiger partial charge >= 0.3 is 11.9 Å². The fraction of sp³-hybridized carbons (Fsp3) is 0.240. The summed E-state index contributed by atoms with van der Waals surface area (Å²) in [6, 6.07) is 14.8. The van der Waals surface area contributed by atoms with Crippen molar-refractivity contribution in [1.82, 2.24) is 9.91 Å². The molecule has 11 heteroatoms. The Labute approximate surface area is 226 Å².